The third-order valence-electron chi connectivity index (χ3n) is 3.26. The van der Waals surface area contributed by atoms with Gasteiger partial charge in [0, 0.05) is 12.5 Å². The van der Waals surface area contributed by atoms with Gasteiger partial charge >= 0.3 is 0 Å². The maximum Gasteiger partial charge on any atom is 0.0868 e. The molecule has 2 atom stereocenters. The Kier molecular flexibility index (Phi) is 3.08. The van der Waals surface area contributed by atoms with Crippen molar-refractivity contribution in [3.8, 4) is 0 Å². The van der Waals surface area contributed by atoms with Crippen molar-refractivity contribution >= 4 is 0 Å². The lowest BCUT2D eigenvalue weighted by Gasteiger charge is -2.19. The van der Waals surface area contributed by atoms with Gasteiger partial charge in [0.25, 0.3) is 0 Å². The highest BCUT2D eigenvalue weighted by Gasteiger charge is 2.29. The van der Waals surface area contributed by atoms with Gasteiger partial charge in [-0.2, -0.15) is 0 Å². The number of ether oxygens (including phenoxy) is 1. The van der Waals surface area contributed by atoms with Crippen LogP contribution in [0.5, 0.6) is 0 Å². The summed E-state index contributed by atoms with van der Waals surface area (Å²) in [4.78, 5) is 0. The molecule has 2 rings (SSSR count). The molecule has 0 saturated carbocycles. The van der Waals surface area contributed by atoms with Crippen molar-refractivity contribution in [2.45, 2.75) is 26.4 Å². The second-order valence-corrected chi connectivity index (χ2v) is 4.44. The van der Waals surface area contributed by atoms with Gasteiger partial charge < -0.3 is 10.5 Å². The molecule has 2 unspecified atom stereocenters. The van der Waals surface area contributed by atoms with Crippen LogP contribution in [0.4, 0.5) is 0 Å². The molecule has 1 aliphatic rings. The van der Waals surface area contributed by atoms with Crippen LogP contribution in [-0.2, 0) is 4.74 Å². The predicted octanol–water partition coefficient (Wildman–Crippen LogP) is 2.34. The van der Waals surface area contributed by atoms with Crippen molar-refractivity contribution in [2.75, 3.05) is 13.2 Å². The van der Waals surface area contributed by atoms with Gasteiger partial charge in [0.15, 0.2) is 0 Å². The Labute approximate surface area is 91.4 Å². The van der Waals surface area contributed by atoms with E-state index in [0.29, 0.717) is 5.92 Å². The molecule has 15 heavy (non-hydrogen) atoms. The summed E-state index contributed by atoms with van der Waals surface area (Å²) in [7, 11) is 0. The van der Waals surface area contributed by atoms with E-state index in [1.165, 1.54) is 16.7 Å². The highest BCUT2D eigenvalue weighted by Crippen LogP contribution is 2.35. The number of hydrogen-bond acceptors (Lipinski definition) is 2. The fraction of sp³-hybridized carbons (Fsp3) is 0.538. The number of benzene rings is 1. The molecular formula is C13H19NO. The molecule has 1 aromatic carbocycles. The average Bonchev–Trinajstić information content (AvgIpc) is 2.69. The molecule has 1 saturated heterocycles. The number of hydrogen-bond donors (Lipinski definition) is 1. The lowest BCUT2D eigenvalue weighted by Crippen LogP contribution is -2.18. The maximum absolute atomic E-state index is 5.80. The zero-order chi connectivity index (χ0) is 10.8. The van der Waals surface area contributed by atoms with E-state index < -0.39 is 0 Å². The molecule has 2 N–H and O–H groups in total. The first-order valence-corrected chi connectivity index (χ1v) is 5.61. The van der Waals surface area contributed by atoms with Crippen LogP contribution in [0.15, 0.2) is 18.2 Å². The molecule has 0 spiro atoms. The van der Waals surface area contributed by atoms with Crippen LogP contribution in [-0.4, -0.2) is 13.2 Å². The molecular weight excluding hydrogens is 186 g/mol. The van der Waals surface area contributed by atoms with E-state index in [1.807, 2.05) is 0 Å². The Bertz CT molecular complexity index is 348. The summed E-state index contributed by atoms with van der Waals surface area (Å²) in [6.45, 7) is 5.83. The molecule has 0 aliphatic carbocycles. The molecule has 2 nitrogen and oxygen atoms in total. The van der Waals surface area contributed by atoms with E-state index in [0.717, 1.165) is 19.6 Å². The number of nitrogens with two attached hydrogens (primary N) is 1. The lowest BCUT2D eigenvalue weighted by molar-refractivity contribution is 0.0919. The largest absolute Gasteiger partial charge is 0.373 e. The maximum atomic E-state index is 5.80. The Morgan fingerprint density at radius 2 is 2.20 bits per heavy atom. The van der Waals surface area contributed by atoms with Gasteiger partial charge in [-0.25, -0.2) is 0 Å². The lowest BCUT2D eigenvalue weighted by atomic mass is 9.91. The Morgan fingerprint density at radius 3 is 2.93 bits per heavy atom. The molecule has 0 aromatic heterocycles. The fourth-order valence-corrected chi connectivity index (χ4v) is 2.29. The second-order valence-electron chi connectivity index (χ2n) is 4.44. The van der Waals surface area contributed by atoms with Crippen LogP contribution in [0, 0.1) is 19.8 Å². The normalized spacial score (nSPS) is 25.8. The zero-order valence-electron chi connectivity index (χ0n) is 9.49. The monoisotopic (exact) mass is 205 g/mol. The molecule has 1 fully saturated rings. The summed E-state index contributed by atoms with van der Waals surface area (Å²) < 4.78 is 5.80. The quantitative estimate of drug-likeness (QED) is 0.804. The number of rotatable bonds is 2. The van der Waals surface area contributed by atoms with E-state index in [1.54, 1.807) is 0 Å². The summed E-state index contributed by atoms with van der Waals surface area (Å²) in [5.41, 5.74) is 9.70. The van der Waals surface area contributed by atoms with Crippen molar-refractivity contribution in [2.24, 2.45) is 11.7 Å². The van der Waals surface area contributed by atoms with E-state index >= 15 is 0 Å². The van der Waals surface area contributed by atoms with Crippen molar-refractivity contribution in [3.63, 3.8) is 0 Å². The highest BCUT2D eigenvalue weighted by molar-refractivity contribution is 5.33. The van der Waals surface area contributed by atoms with Gasteiger partial charge in [-0.3, -0.25) is 0 Å². The first kappa shape index (κ1) is 10.7. The van der Waals surface area contributed by atoms with Crippen molar-refractivity contribution < 1.29 is 4.74 Å². The average molecular weight is 205 g/mol. The van der Waals surface area contributed by atoms with Crippen LogP contribution >= 0.6 is 0 Å². The van der Waals surface area contributed by atoms with Crippen molar-refractivity contribution in [1.82, 2.24) is 0 Å². The minimum absolute atomic E-state index is 0.217. The van der Waals surface area contributed by atoms with E-state index in [9.17, 15) is 0 Å². The molecule has 0 radical (unpaired) electrons. The topological polar surface area (TPSA) is 35.2 Å². The van der Waals surface area contributed by atoms with Crippen molar-refractivity contribution in [3.05, 3.63) is 34.9 Å². The molecule has 1 heterocycles. The SMILES string of the molecule is Cc1ccc(C)c(C2OCCC2CN)c1. The summed E-state index contributed by atoms with van der Waals surface area (Å²) >= 11 is 0. The minimum atomic E-state index is 0.217. The summed E-state index contributed by atoms with van der Waals surface area (Å²) in [6.07, 6.45) is 1.31. The van der Waals surface area contributed by atoms with Gasteiger partial charge in [0.05, 0.1) is 6.10 Å². The van der Waals surface area contributed by atoms with Crippen molar-refractivity contribution in [1.29, 1.82) is 0 Å². The van der Waals surface area contributed by atoms with E-state index in [2.05, 4.69) is 32.0 Å². The Balaban J connectivity index is 2.31. The van der Waals surface area contributed by atoms with Crippen LogP contribution in [0.1, 0.15) is 29.2 Å². The zero-order valence-corrected chi connectivity index (χ0v) is 9.49. The van der Waals surface area contributed by atoms with Crippen LogP contribution in [0.2, 0.25) is 0 Å². The molecule has 2 heteroatoms. The first-order chi connectivity index (χ1) is 7.22. The fourth-order valence-electron chi connectivity index (χ4n) is 2.29. The van der Waals surface area contributed by atoms with Crippen LogP contribution < -0.4 is 5.73 Å². The van der Waals surface area contributed by atoms with E-state index in [-0.39, 0.29) is 6.10 Å². The van der Waals surface area contributed by atoms with Gasteiger partial charge in [0.2, 0.25) is 0 Å². The third-order valence-corrected chi connectivity index (χ3v) is 3.26. The second kappa shape index (κ2) is 4.33. The molecule has 1 aromatic rings. The molecule has 1 aliphatic heterocycles. The van der Waals surface area contributed by atoms with Gasteiger partial charge in [-0.1, -0.05) is 23.8 Å². The van der Waals surface area contributed by atoms with Gasteiger partial charge in [0.1, 0.15) is 0 Å². The summed E-state index contributed by atoms with van der Waals surface area (Å²) in [5.74, 6) is 0.491. The Morgan fingerprint density at radius 1 is 1.40 bits per heavy atom. The molecule has 0 amide bonds. The first-order valence-electron chi connectivity index (χ1n) is 5.61. The predicted molar refractivity (Wildman–Crippen MR) is 61.8 cm³/mol. The summed E-state index contributed by atoms with van der Waals surface area (Å²) in [5, 5.41) is 0. The van der Waals surface area contributed by atoms with Crippen LogP contribution in [0.3, 0.4) is 0 Å². The smallest absolute Gasteiger partial charge is 0.0868 e. The highest BCUT2D eigenvalue weighted by atomic mass is 16.5. The van der Waals surface area contributed by atoms with Crippen LogP contribution in [0.25, 0.3) is 0 Å². The van der Waals surface area contributed by atoms with E-state index in [4.69, 9.17) is 10.5 Å². The van der Waals surface area contributed by atoms with Gasteiger partial charge in [-0.15, -0.1) is 0 Å². The number of aryl methyl sites for hydroxylation is 2. The van der Waals surface area contributed by atoms with Gasteiger partial charge in [-0.05, 0) is 37.9 Å². The third kappa shape index (κ3) is 2.06. The standard InChI is InChI=1S/C13H19NO/c1-9-3-4-10(2)12(7-9)13-11(8-14)5-6-15-13/h3-4,7,11,13H,5-6,8,14H2,1-2H3. The minimum Gasteiger partial charge on any atom is -0.373 e. The molecule has 0 bridgehead atoms. The summed E-state index contributed by atoms with van der Waals surface area (Å²) in [6, 6.07) is 6.54. The molecule has 82 valence electrons. The Hall–Kier alpha value is -0.860.